The first-order chi connectivity index (χ1) is 10.6. The Hall–Kier alpha value is -1.08. The molecule has 0 radical (unpaired) electrons. The maximum absolute atomic E-state index is 11.9. The van der Waals surface area contributed by atoms with E-state index in [4.69, 9.17) is 14.2 Å². The van der Waals surface area contributed by atoms with Crippen LogP contribution in [0.5, 0.6) is 0 Å². The summed E-state index contributed by atoms with van der Waals surface area (Å²) in [7, 11) is 2.53. The lowest BCUT2D eigenvalue weighted by Crippen LogP contribution is -2.28. The van der Waals surface area contributed by atoms with E-state index in [0.29, 0.717) is 0 Å². The number of ether oxygens (including phenoxy) is 4. The van der Waals surface area contributed by atoms with E-state index in [1.165, 1.54) is 6.92 Å². The van der Waals surface area contributed by atoms with Crippen LogP contribution in [0.2, 0.25) is 0 Å². The third-order valence-electron chi connectivity index (χ3n) is 2.45. The fourth-order valence-corrected chi connectivity index (χ4v) is 1.39. The number of hydrogen-bond acceptors (Lipinski definition) is 6. The maximum Gasteiger partial charge on any atom is 0.508 e. The van der Waals surface area contributed by atoms with E-state index in [1.54, 1.807) is 6.92 Å². The number of alkyl halides is 3. The van der Waals surface area contributed by atoms with Crippen LogP contribution in [0.25, 0.3) is 0 Å². The Balaban J connectivity index is 3.86. The molecule has 23 heavy (non-hydrogen) atoms. The molecule has 4 unspecified atom stereocenters. The lowest BCUT2D eigenvalue weighted by molar-refractivity contribution is -0.201. The van der Waals surface area contributed by atoms with Gasteiger partial charge in [-0.2, -0.15) is 13.2 Å². The zero-order valence-electron chi connectivity index (χ0n) is 13.2. The molecular weight excluding hydrogens is 340 g/mol. The smallest absolute Gasteiger partial charge is 0.459 e. The summed E-state index contributed by atoms with van der Waals surface area (Å²) < 4.78 is 54.7. The van der Waals surface area contributed by atoms with Gasteiger partial charge in [0, 0.05) is 5.92 Å². The molecule has 0 heterocycles. The normalized spacial score (nSPS) is 15.4. The third kappa shape index (κ3) is 11.1. The molecule has 0 aromatic rings. The predicted molar refractivity (Wildman–Crippen MR) is 78.1 cm³/mol. The average molecular weight is 362 g/mol. The van der Waals surface area contributed by atoms with Gasteiger partial charge < -0.3 is 18.9 Å². The van der Waals surface area contributed by atoms with Crippen LogP contribution < -0.4 is 0 Å². The summed E-state index contributed by atoms with van der Waals surface area (Å²) in [5, 5.41) is 0. The van der Waals surface area contributed by atoms with Crippen molar-refractivity contribution in [3.05, 3.63) is 0 Å². The summed E-state index contributed by atoms with van der Waals surface area (Å²) in [5.41, 5.74) is 0. The van der Waals surface area contributed by atoms with E-state index in [0.717, 1.165) is 6.16 Å². The van der Waals surface area contributed by atoms with Gasteiger partial charge in [-0.15, -0.1) is 9.24 Å². The van der Waals surface area contributed by atoms with Crippen LogP contribution in [0.15, 0.2) is 0 Å². The van der Waals surface area contributed by atoms with Crippen LogP contribution in [0.3, 0.4) is 0 Å². The van der Waals surface area contributed by atoms with Crippen molar-refractivity contribution in [2.24, 2.45) is 5.92 Å². The number of halogens is 3. The number of carbonyl (C=O) groups excluding carboxylic acids is 2. The molecule has 0 N–H and O–H groups in total. The standard InChI is InChI=1S/C13H22F3O6P/c1-8(4-19-11(17)13(14,15)16)5-20-12(18)21-6-9(2)22-10(3)7-23/h8-10H,4-7,23H2,1-3H3. The highest BCUT2D eigenvalue weighted by Gasteiger charge is 2.41. The first-order valence-electron chi connectivity index (χ1n) is 6.95. The summed E-state index contributed by atoms with van der Waals surface area (Å²) in [4.78, 5) is 21.8. The largest absolute Gasteiger partial charge is 0.508 e. The average Bonchev–Trinajstić information content (AvgIpc) is 2.47. The number of rotatable bonds is 9. The van der Waals surface area contributed by atoms with Crippen molar-refractivity contribution in [1.29, 1.82) is 0 Å². The quantitative estimate of drug-likeness (QED) is 0.464. The van der Waals surface area contributed by atoms with Gasteiger partial charge in [-0.05, 0) is 20.0 Å². The van der Waals surface area contributed by atoms with Gasteiger partial charge in [-0.1, -0.05) is 6.92 Å². The maximum atomic E-state index is 11.9. The fraction of sp³-hybridized carbons (Fsp3) is 0.846. The Kier molecular flexibility index (Phi) is 10.1. The lowest BCUT2D eigenvalue weighted by atomic mass is 10.2. The van der Waals surface area contributed by atoms with E-state index >= 15 is 0 Å². The van der Waals surface area contributed by atoms with Crippen molar-refractivity contribution in [3.63, 3.8) is 0 Å². The molecule has 0 aromatic heterocycles. The molecule has 0 aliphatic carbocycles. The zero-order valence-corrected chi connectivity index (χ0v) is 14.4. The SMILES string of the molecule is CC(COC(=O)OCC(C)OC(C)CP)COC(=O)C(F)(F)F. The van der Waals surface area contributed by atoms with Crippen molar-refractivity contribution in [2.75, 3.05) is 26.0 Å². The Morgan fingerprint density at radius 1 is 0.957 bits per heavy atom. The molecular formula is C13H22F3O6P. The van der Waals surface area contributed by atoms with Crippen LogP contribution in [-0.2, 0) is 23.7 Å². The summed E-state index contributed by atoms with van der Waals surface area (Å²) in [6, 6.07) is 0. The van der Waals surface area contributed by atoms with Gasteiger partial charge in [-0.3, -0.25) is 0 Å². The minimum Gasteiger partial charge on any atom is -0.459 e. The van der Waals surface area contributed by atoms with Gasteiger partial charge in [-0.25, -0.2) is 9.59 Å². The highest BCUT2D eigenvalue weighted by Crippen LogP contribution is 2.17. The van der Waals surface area contributed by atoms with Gasteiger partial charge in [0.1, 0.15) is 13.2 Å². The van der Waals surface area contributed by atoms with Crippen LogP contribution in [-0.4, -0.2) is 56.5 Å². The Morgan fingerprint density at radius 3 is 2.00 bits per heavy atom. The lowest BCUT2D eigenvalue weighted by Gasteiger charge is -2.18. The summed E-state index contributed by atoms with van der Waals surface area (Å²) in [6.45, 7) is 4.29. The minimum atomic E-state index is -5.04. The molecule has 0 aromatic carbocycles. The zero-order chi connectivity index (χ0) is 18.0. The van der Waals surface area contributed by atoms with Gasteiger partial charge in [0.2, 0.25) is 0 Å². The second-order valence-electron chi connectivity index (χ2n) is 5.07. The van der Waals surface area contributed by atoms with Crippen LogP contribution in [0, 0.1) is 5.92 Å². The molecule has 0 aliphatic heterocycles. The second kappa shape index (κ2) is 10.6. The van der Waals surface area contributed by atoms with Crippen molar-refractivity contribution >= 4 is 21.4 Å². The molecule has 0 aliphatic rings. The molecule has 0 spiro atoms. The number of esters is 1. The van der Waals surface area contributed by atoms with Crippen LogP contribution in [0.1, 0.15) is 20.8 Å². The highest BCUT2D eigenvalue weighted by molar-refractivity contribution is 7.16. The van der Waals surface area contributed by atoms with Crippen LogP contribution >= 0.6 is 9.24 Å². The summed E-state index contributed by atoms with van der Waals surface area (Å²) >= 11 is 0. The Labute approximate surface area is 135 Å². The Morgan fingerprint density at radius 2 is 1.48 bits per heavy atom. The topological polar surface area (TPSA) is 71.1 Å². The second-order valence-corrected chi connectivity index (χ2v) is 5.54. The molecule has 0 saturated carbocycles. The van der Waals surface area contributed by atoms with Crippen molar-refractivity contribution in [3.8, 4) is 0 Å². The molecule has 0 rings (SSSR count). The van der Waals surface area contributed by atoms with E-state index in [1.807, 2.05) is 6.92 Å². The van der Waals surface area contributed by atoms with E-state index in [-0.39, 0.29) is 25.4 Å². The first-order valence-corrected chi connectivity index (χ1v) is 7.76. The number of carbonyl (C=O) groups is 2. The van der Waals surface area contributed by atoms with Gasteiger partial charge in [0.15, 0.2) is 0 Å². The summed E-state index contributed by atoms with van der Waals surface area (Å²) in [5.74, 6) is -2.87. The van der Waals surface area contributed by atoms with Gasteiger partial charge >= 0.3 is 18.3 Å². The highest BCUT2D eigenvalue weighted by atomic mass is 31.0. The van der Waals surface area contributed by atoms with E-state index in [2.05, 4.69) is 14.0 Å². The molecule has 136 valence electrons. The fourth-order valence-electron chi connectivity index (χ4n) is 1.28. The van der Waals surface area contributed by atoms with Gasteiger partial charge in [0.25, 0.3) is 0 Å². The van der Waals surface area contributed by atoms with Crippen molar-refractivity contribution < 1.29 is 41.7 Å². The van der Waals surface area contributed by atoms with Crippen molar-refractivity contribution in [1.82, 2.24) is 0 Å². The Bertz CT molecular complexity index is 377. The van der Waals surface area contributed by atoms with E-state index < -0.39 is 30.8 Å². The molecule has 0 fully saturated rings. The first kappa shape index (κ1) is 21.9. The molecule has 4 atom stereocenters. The van der Waals surface area contributed by atoms with Gasteiger partial charge in [0.05, 0.1) is 18.8 Å². The van der Waals surface area contributed by atoms with E-state index in [9.17, 15) is 22.8 Å². The van der Waals surface area contributed by atoms with Crippen molar-refractivity contribution in [2.45, 2.75) is 39.2 Å². The third-order valence-corrected chi connectivity index (χ3v) is 3.11. The molecule has 6 nitrogen and oxygen atoms in total. The molecule has 0 bridgehead atoms. The molecule has 0 amide bonds. The molecule has 0 saturated heterocycles. The monoisotopic (exact) mass is 362 g/mol. The number of hydrogen-bond donors (Lipinski definition) is 0. The molecule has 10 heteroatoms. The summed E-state index contributed by atoms with van der Waals surface area (Å²) in [6.07, 6.45) is -5.58. The minimum absolute atomic E-state index is 0.00189. The van der Waals surface area contributed by atoms with Crippen LogP contribution in [0.4, 0.5) is 18.0 Å². The predicted octanol–water partition coefficient (Wildman–Crippen LogP) is 2.55.